The minimum absolute atomic E-state index is 0.0164. The van der Waals surface area contributed by atoms with Gasteiger partial charge in [-0.1, -0.05) is 19.8 Å². The van der Waals surface area contributed by atoms with Gasteiger partial charge in [-0.3, -0.25) is 4.21 Å². The Morgan fingerprint density at radius 2 is 1.89 bits per heavy atom. The van der Waals surface area contributed by atoms with Crippen molar-refractivity contribution in [3.05, 3.63) is 0 Å². The van der Waals surface area contributed by atoms with Crippen LogP contribution in [0.25, 0.3) is 0 Å². The third-order valence-electron chi connectivity index (χ3n) is 2.50. The van der Waals surface area contributed by atoms with Crippen LogP contribution in [0.15, 0.2) is 0 Å². The Balaban J connectivity index is 4.29. The number of nitrogens with zero attached hydrogens (tertiary/aromatic N) is 1. The topological polar surface area (TPSA) is 110 Å². The summed E-state index contributed by atoms with van der Waals surface area (Å²) in [5, 5.41) is 8.60. The number of hydrogen-bond donors (Lipinski definition) is 2. The van der Waals surface area contributed by atoms with Crippen LogP contribution in [-0.4, -0.2) is 45.7 Å². The fraction of sp³-hybridized carbons (Fsp3) is 1.00. The largest absolute Gasteiger partial charge is 0.759 e. The molecule has 0 aliphatic carbocycles. The van der Waals surface area contributed by atoms with Crippen LogP contribution in [0.1, 0.15) is 45.4 Å². The zero-order chi connectivity index (χ0) is 14.7. The van der Waals surface area contributed by atoms with Gasteiger partial charge in [0.1, 0.15) is 0 Å². The number of nitrogens with one attached hydrogen (secondary N) is 1. The van der Waals surface area contributed by atoms with Crippen LogP contribution < -0.4 is 4.72 Å². The van der Waals surface area contributed by atoms with E-state index in [1.807, 2.05) is 6.92 Å². The van der Waals surface area contributed by atoms with Gasteiger partial charge >= 0.3 is 0 Å². The quantitative estimate of drug-likeness (QED) is 0.397. The summed E-state index contributed by atoms with van der Waals surface area (Å²) in [5.41, 5.74) is 0. The van der Waals surface area contributed by atoms with Gasteiger partial charge in [-0.05, 0) is 25.7 Å². The van der Waals surface area contributed by atoms with E-state index in [4.69, 9.17) is 5.11 Å². The van der Waals surface area contributed by atoms with Gasteiger partial charge < -0.3 is 9.66 Å². The Labute approximate surface area is 118 Å². The van der Waals surface area contributed by atoms with Crippen LogP contribution in [-0.2, 0) is 21.5 Å². The van der Waals surface area contributed by atoms with Gasteiger partial charge in [-0.2, -0.15) is 8.42 Å². The molecule has 0 rings (SSSR count). The lowest BCUT2D eigenvalue weighted by atomic mass is 10.2. The van der Waals surface area contributed by atoms with E-state index in [1.165, 1.54) is 0 Å². The van der Waals surface area contributed by atoms with Crippen LogP contribution in [0.5, 0.6) is 0 Å². The van der Waals surface area contributed by atoms with E-state index in [-0.39, 0.29) is 19.7 Å². The fourth-order valence-corrected chi connectivity index (χ4v) is 3.45. The van der Waals surface area contributed by atoms with E-state index in [2.05, 4.69) is 4.72 Å². The first-order valence-corrected chi connectivity index (χ1v) is 8.90. The van der Waals surface area contributed by atoms with Gasteiger partial charge in [0.2, 0.25) is 0 Å². The molecule has 0 aromatic rings. The predicted octanol–water partition coefficient (Wildman–Crippen LogP) is 0.270. The van der Waals surface area contributed by atoms with E-state index in [1.54, 1.807) is 0 Å². The molecule has 7 nitrogen and oxygen atoms in total. The highest BCUT2D eigenvalue weighted by molar-refractivity contribution is 7.98. The van der Waals surface area contributed by atoms with Gasteiger partial charge in [-0.25, -0.2) is 4.72 Å². The van der Waals surface area contributed by atoms with E-state index in [9.17, 15) is 17.2 Å². The van der Waals surface area contributed by atoms with E-state index in [0.717, 1.165) is 12.8 Å². The first-order valence-electron chi connectivity index (χ1n) is 6.43. The third-order valence-corrected chi connectivity index (χ3v) is 5.25. The van der Waals surface area contributed by atoms with Gasteiger partial charge in [0.15, 0.2) is 0 Å². The highest BCUT2D eigenvalue weighted by Crippen LogP contribution is 2.06. The predicted molar refractivity (Wildman–Crippen MR) is 73.0 cm³/mol. The van der Waals surface area contributed by atoms with E-state index in [0.29, 0.717) is 29.4 Å². The molecule has 0 aromatic carbocycles. The van der Waals surface area contributed by atoms with Crippen LogP contribution in [0.3, 0.4) is 0 Å². The Morgan fingerprint density at radius 1 is 1.21 bits per heavy atom. The molecular weight excluding hydrogens is 292 g/mol. The number of aliphatic hydroxyl groups excluding tert-OH is 1. The molecule has 0 aromatic heterocycles. The smallest absolute Gasteiger partial charge is 0.289 e. The van der Waals surface area contributed by atoms with Crippen molar-refractivity contribution in [3.8, 4) is 0 Å². The molecule has 0 bridgehead atoms. The molecular formula is C10H23N2O5S2-. The van der Waals surface area contributed by atoms with Crippen molar-refractivity contribution in [2.75, 3.05) is 19.7 Å². The molecule has 2 N–H and O–H groups in total. The van der Waals surface area contributed by atoms with Crippen molar-refractivity contribution in [2.24, 2.45) is 0 Å². The summed E-state index contributed by atoms with van der Waals surface area (Å²) < 4.78 is 48.2. The maximum absolute atomic E-state index is 11.8. The van der Waals surface area contributed by atoms with Crippen molar-refractivity contribution in [2.45, 2.75) is 45.4 Å². The van der Waals surface area contributed by atoms with Crippen LogP contribution >= 0.6 is 0 Å². The standard InChI is InChI=1S/C10H24N2O5S2/c1-2-3-5-8-11-19(16,17)12(18(14)15)9-6-4-7-10-13/h11,13H,2-10H2,1H3,(H,14,15)/p-1. The molecule has 0 amide bonds. The number of unbranched alkanes of at least 4 members (excludes halogenated alkanes) is 4. The lowest BCUT2D eigenvalue weighted by Gasteiger charge is -2.23. The summed E-state index contributed by atoms with van der Waals surface area (Å²) in [6.07, 6.45) is 4.03. The minimum atomic E-state index is -3.98. The monoisotopic (exact) mass is 315 g/mol. The average molecular weight is 315 g/mol. The Bertz CT molecular complexity index is 348. The summed E-state index contributed by atoms with van der Waals surface area (Å²) >= 11 is -2.82. The van der Waals surface area contributed by atoms with Crippen LogP contribution in [0, 0.1) is 0 Å². The lowest BCUT2D eigenvalue weighted by molar-refractivity contribution is 0.282. The molecule has 0 fully saturated rings. The normalized spacial score (nSPS) is 13.9. The zero-order valence-electron chi connectivity index (χ0n) is 11.2. The van der Waals surface area contributed by atoms with Crippen molar-refractivity contribution in [1.29, 1.82) is 0 Å². The highest BCUT2D eigenvalue weighted by Gasteiger charge is 2.21. The second kappa shape index (κ2) is 10.7. The average Bonchev–Trinajstić information content (AvgIpc) is 2.34. The molecule has 0 aliphatic heterocycles. The lowest BCUT2D eigenvalue weighted by Crippen LogP contribution is -2.42. The fourth-order valence-electron chi connectivity index (χ4n) is 1.45. The molecule has 0 aliphatic rings. The van der Waals surface area contributed by atoms with Gasteiger partial charge in [0.25, 0.3) is 10.2 Å². The molecule has 0 radical (unpaired) electrons. The van der Waals surface area contributed by atoms with Crippen molar-refractivity contribution < 1.29 is 22.3 Å². The second-order valence-electron chi connectivity index (χ2n) is 4.13. The summed E-state index contributed by atoms with van der Waals surface area (Å²) in [6.45, 7) is 2.15. The van der Waals surface area contributed by atoms with Gasteiger partial charge in [0.05, 0.1) is 0 Å². The number of rotatable bonds is 12. The molecule has 1 unspecified atom stereocenters. The van der Waals surface area contributed by atoms with Gasteiger partial charge in [0, 0.05) is 31.0 Å². The maximum Gasteiger partial charge on any atom is 0.289 e. The Kier molecular flexibility index (Phi) is 10.7. The van der Waals surface area contributed by atoms with E-state index >= 15 is 0 Å². The second-order valence-corrected chi connectivity index (χ2v) is 6.92. The minimum Gasteiger partial charge on any atom is -0.759 e. The molecule has 0 saturated heterocycles. The summed E-state index contributed by atoms with van der Waals surface area (Å²) in [4.78, 5) is 0. The summed E-state index contributed by atoms with van der Waals surface area (Å²) in [6, 6.07) is 0. The molecule has 1 atom stereocenters. The Hall–Kier alpha value is -0.0600. The van der Waals surface area contributed by atoms with Gasteiger partial charge in [-0.15, -0.1) is 3.71 Å². The maximum atomic E-state index is 11.8. The van der Waals surface area contributed by atoms with Crippen molar-refractivity contribution in [1.82, 2.24) is 8.43 Å². The third kappa shape index (κ3) is 8.66. The molecule has 0 heterocycles. The highest BCUT2D eigenvalue weighted by atomic mass is 32.3. The molecule has 0 spiro atoms. The molecule has 9 heteroatoms. The first kappa shape index (κ1) is 18.9. The zero-order valence-corrected chi connectivity index (χ0v) is 12.8. The van der Waals surface area contributed by atoms with Crippen LogP contribution in [0.2, 0.25) is 0 Å². The Morgan fingerprint density at radius 3 is 2.42 bits per heavy atom. The van der Waals surface area contributed by atoms with E-state index < -0.39 is 21.5 Å². The van der Waals surface area contributed by atoms with Crippen molar-refractivity contribution >= 4 is 21.5 Å². The summed E-state index contributed by atoms with van der Waals surface area (Å²) in [5.74, 6) is 0. The molecule has 19 heavy (non-hydrogen) atoms. The first-order chi connectivity index (χ1) is 8.95. The SMILES string of the molecule is CCCCCNS(=O)(=O)N(CCCCCO)S(=O)[O-]. The number of aliphatic hydroxyl groups is 1. The van der Waals surface area contributed by atoms with Crippen LogP contribution in [0.4, 0.5) is 0 Å². The number of hydrogen-bond acceptors (Lipinski definition) is 5. The summed E-state index contributed by atoms with van der Waals surface area (Å²) in [7, 11) is -3.98. The van der Waals surface area contributed by atoms with Crippen molar-refractivity contribution in [3.63, 3.8) is 0 Å². The molecule has 116 valence electrons. The molecule has 0 saturated carbocycles.